The van der Waals surface area contributed by atoms with E-state index in [0.717, 1.165) is 15.7 Å². The number of anilines is 1. The van der Waals surface area contributed by atoms with Gasteiger partial charge in [0, 0.05) is 17.8 Å². The zero-order chi connectivity index (χ0) is 25.3. The molecule has 0 aliphatic heterocycles. The molecule has 0 spiro atoms. The largest absolute Gasteiger partial charge is 0.493 e. The number of nitrogens with one attached hydrogen (secondary N) is 1. The van der Waals surface area contributed by atoms with E-state index < -0.39 is 17.2 Å². The Balaban J connectivity index is 1.75. The fourth-order valence-electron chi connectivity index (χ4n) is 3.83. The van der Waals surface area contributed by atoms with Gasteiger partial charge in [-0.25, -0.2) is 9.36 Å². The van der Waals surface area contributed by atoms with Crippen molar-refractivity contribution in [2.24, 2.45) is 0 Å². The van der Waals surface area contributed by atoms with Crippen molar-refractivity contribution in [3.05, 3.63) is 73.7 Å². The zero-order valence-electron chi connectivity index (χ0n) is 20.0. The highest BCUT2D eigenvalue weighted by atomic mass is 32.1. The van der Waals surface area contributed by atoms with Gasteiger partial charge in [0.15, 0.2) is 11.5 Å². The van der Waals surface area contributed by atoms with E-state index in [1.54, 1.807) is 35.7 Å². The number of nitrogens with zero attached hydrogens (tertiary/aromatic N) is 2. The number of carbonyl (C=O) groups is 1. The van der Waals surface area contributed by atoms with Crippen molar-refractivity contribution >= 4 is 33.1 Å². The quantitative estimate of drug-likeness (QED) is 0.421. The molecule has 4 rings (SSSR count). The molecule has 0 atom stereocenters. The number of ether oxygens (including phenoxy) is 3. The highest BCUT2D eigenvalue weighted by Crippen LogP contribution is 2.39. The molecule has 9 nitrogen and oxygen atoms in total. The number of benzene rings is 2. The molecular formula is C25H25N3O6S. The summed E-state index contributed by atoms with van der Waals surface area (Å²) in [7, 11) is 4.44. The molecule has 0 aliphatic rings. The van der Waals surface area contributed by atoms with Gasteiger partial charge in [0.05, 0.1) is 32.5 Å². The highest BCUT2D eigenvalue weighted by molar-refractivity contribution is 7.17. The van der Waals surface area contributed by atoms with Crippen LogP contribution in [0.25, 0.3) is 15.9 Å². The first-order valence-electron chi connectivity index (χ1n) is 10.7. The number of hydrogen-bond donors (Lipinski definition) is 1. The van der Waals surface area contributed by atoms with Gasteiger partial charge in [-0.05, 0) is 48.6 Å². The van der Waals surface area contributed by atoms with Gasteiger partial charge in [-0.3, -0.25) is 14.2 Å². The summed E-state index contributed by atoms with van der Waals surface area (Å²) in [5, 5.41) is 4.49. The number of aromatic nitrogens is 2. The van der Waals surface area contributed by atoms with Crippen LogP contribution in [0.15, 0.2) is 51.4 Å². The standard InChI is InChI=1S/C25H25N3O6S/c1-14-6-7-17(10-15(14)2)28-24(30)23-18(8-9-35-23)27(25(28)31)13-21(29)26-16-11-19(32-3)22(34-5)20(12-16)33-4/h6-12H,13H2,1-5H3,(H,26,29). The average molecular weight is 496 g/mol. The maximum absolute atomic E-state index is 13.5. The van der Waals surface area contributed by atoms with Crippen molar-refractivity contribution in [1.82, 2.24) is 9.13 Å². The Bertz CT molecular complexity index is 1520. The first-order chi connectivity index (χ1) is 16.8. The fraction of sp³-hybridized carbons (Fsp3) is 0.240. The van der Waals surface area contributed by atoms with Gasteiger partial charge in [-0.2, -0.15) is 0 Å². The van der Waals surface area contributed by atoms with Crippen LogP contribution in [0, 0.1) is 13.8 Å². The minimum atomic E-state index is -0.593. The third-order valence-electron chi connectivity index (χ3n) is 5.75. The molecule has 2 heterocycles. The summed E-state index contributed by atoms with van der Waals surface area (Å²) in [6.07, 6.45) is 0. The average Bonchev–Trinajstić information content (AvgIpc) is 3.33. The maximum atomic E-state index is 13.5. The number of carbonyl (C=O) groups excluding carboxylic acids is 1. The van der Waals surface area contributed by atoms with Gasteiger partial charge in [-0.1, -0.05) is 6.07 Å². The van der Waals surface area contributed by atoms with Crippen LogP contribution >= 0.6 is 11.3 Å². The summed E-state index contributed by atoms with van der Waals surface area (Å²) < 4.78 is 18.8. The Morgan fingerprint density at radius 1 is 0.943 bits per heavy atom. The van der Waals surface area contributed by atoms with Gasteiger partial charge in [0.25, 0.3) is 5.56 Å². The van der Waals surface area contributed by atoms with Crippen LogP contribution in [-0.2, 0) is 11.3 Å². The monoisotopic (exact) mass is 495 g/mol. The second kappa shape index (κ2) is 9.67. The lowest BCUT2D eigenvalue weighted by Gasteiger charge is -2.16. The van der Waals surface area contributed by atoms with E-state index in [1.807, 2.05) is 19.9 Å². The normalized spacial score (nSPS) is 10.9. The van der Waals surface area contributed by atoms with E-state index in [0.29, 0.717) is 38.8 Å². The Hall–Kier alpha value is -4.05. The second-order valence-corrected chi connectivity index (χ2v) is 8.79. The molecule has 0 aliphatic carbocycles. The van der Waals surface area contributed by atoms with E-state index >= 15 is 0 Å². The SMILES string of the molecule is COc1cc(NC(=O)Cn2c(=O)n(-c3ccc(C)c(C)c3)c(=O)c3sccc32)cc(OC)c1OC. The van der Waals surface area contributed by atoms with E-state index in [9.17, 15) is 14.4 Å². The van der Waals surface area contributed by atoms with Crippen molar-refractivity contribution in [2.45, 2.75) is 20.4 Å². The number of hydrogen-bond acceptors (Lipinski definition) is 7. The number of fused-ring (bicyclic) bond motifs is 1. The first-order valence-corrected chi connectivity index (χ1v) is 11.6. The van der Waals surface area contributed by atoms with E-state index in [-0.39, 0.29) is 6.54 Å². The molecule has 35 heavy (non-hydrogen) atoms. The van der Waals surface area contributed by atoms with E-state index in [4.69, 9.17) is 14.2 Å². The predicted octanol–water partition coefficient (Wildman–Crippen LogP) is 3.50. The summed E-state index contributed by atoms with van der Waals surface area (Å²) in [4.78, 5) is 39.6. The second-order valence-electron chi connectivity index (χ2n) is 7.88. The van der Waals surface area contributed by atoms with Crippen molar-refractivity contribution in [1.29, 1.82) is 0 Å². The van der Waals surface area contributed by atoms with Crippen molar-refractivity contribution in [3.8, 4) is 22.9 Å². The molecular weight excluding hydrogens is 470 g/mol. The summed E-state index contributed by atoms with van der Waals surface area (Å²) in [5.74, 6) is 0.689. The molecule has 182 valence electrons. The minimum absolute atomic E-state index is 0.298. The molecule has 10 heteroatoms. The molecule has 2 aromatic carbocycles. The minimum Gasteiger partial charge on any atom is -0.493 e. The zero-order valence-corrected chi connectivity index (χ0v) is 20.8. The van der Waals surface area contributed by atoms with Crippen LogP contribution in [0.5, 0.6) is 17.2 Å². The van der Waals surface area contributed by atoms with E-state index in [1.165, 1.54) is 37.2 Å². The van der Waals surface area contributed by atoms with Crippen LogP contribution < -0.4 is 30.8 Å². The van der Waals surface area contributed by atoms with Crippen LogP contribution in [0.1, 0.15) is 11.1 Å². The molecule has 0 unspecified atom stereocenters. The number of methoxy groups -OCH3 is 3. The molecule has 1 amide bonds. The van der Waals surface area contributed by atoms with Crippen LogP contribution in [0.3, 0.4) is 0 Å². The van der Waals surface area contributed by atoms with Crippen molar-refractivity contribution < 1.29 is 19.0 Å². The lowest BCUT2D eigenvalue weighted by atomic mass is 10.1. The third-order valence-corrected chi connectivity index (χ3v) is 6.65. The third kappa shape index (κ3) is 4.40. The van der Waals surface area contributed by atoms with Crippen LogP contribution in [0.4, 0.5) is 5.69 Å². The number of thiophene rings is 1. The number of rotatable bonds is 7. The molecule has 0 saturated heterocycles. The van der Waals surface area contributed by atoms with Gasteiger partial charge in [0.1, 0.15) is 11.2 Å². The summed E-state index contributed by atoms with van der Waals surface area (Å²) >= 11 is 1.23. The lowest BCUT2D eigenvalue weighted by molar-refractivity contribution is -0.116. The molecule has 1 N–H and O–H groups in total. The lowest BCUT2D eigenvalue weighted by Crippen LogP contribution is -2.40. The highest BCUT2D eigenvalue weighted by Gasteiger charge is 2.19. The summed E-state index contributed by atoms with van der Waals surface area (Å²) in [6.45, 7) is 3.57. The van der Waals surface area contributed by atoms with Crippen molar-refractivity contribution in [2.75, 3.05) is 26.6 Å². The summed E-state index contributed by atoms with van der Waals surface area (Å²) in [5.41, 5.74) is 2.26. The summed E-state index contributed by atoms with van der Waals surface area (Å²) in [6, 6.07) is 10.2. The molecule has 2 aromatic heterocycles. The first kappa shape index (κ1) is 24.1. The number of aryl methyl sites for hydroxylation is 2. The molecule has 0 radical (unpaired) electrons. The van der Waals surface area contributed by atoms with E-state index in [2.05, 4.69) is 5.32 Å². The fourth-order valence-corrected chi connectivity index (χ4v) is 4.65. The van der Waals surface area contributed by atoms with Gasteiger partial charge in [-0.15, -0.1) is 11.3 Å². The van der Waals surface area contributed by atoms with Crippen LogP contribution in [0.2, 0.25) is 0 Å². The maximum Gasteiger partial charge on any atom is 0.336 e. The van der Waals surface area contributed by atoms with Gasteiger partial charge >= 0.3 is 5.69 Å². The molecule has 0 fully saturated rings. The molecule has 0 bridgehead atoms. The van der Waals surface area contributed by atoms with Gasteiger partial charge < -0.3 is 19.5 Å². The predicted molar refractivity (Wildman–Crippen MR) is 136 cm³/mol. The van der Waals surface area contributed by atoms with Crippen molar-refractivity contribution in [3.63, 3.8) is 0 Å². The topological polar surface area (TPSA) is 101 Å². The smallest absolute Gasteiger partial charge is 0.336 e. The molecule has 4 aromatic rings. The Kier molecular flexibility index (Phi) is 6.65. The Labute approximate surface area is 205 Å². The van der Waals surface area contributed by atoms with Crippen LogP contribution in [-0.4, -0.2) is 36.4 Å². The molecule has 0 saturated carbocycles. The van der Waals surface area contributed by atoms with Gasteiger partial charge in [0.2, 0.25) is 11.7 Å². The number of amides is 1. The Morgan fingerprint density at radius 2 is 1.63 bits per heavy atom. The Morgan fingerprint density at radius 3 is 2.23 bits per heavy atom.